The van der Waals surface area contributed by atoms with Crippen LogP contribution in [0, 0.1) is 5.41 Å². The third kappa shape index (κ3) is 5.53. The molecule has 0 fully saturated rings. The van der Waals surface area contributed by atoms with E-state index < -0.39 is 0 Å². The molecule has 0 amide bonds. The summed E-state index contributed by atoms with van der Waals surface area (Å²) < 4.78 is 0. The third-order valence-corrected chi connectivity index (χ3v) is 2.42. The topological polar surface area (TPSA) is 16.1 Å². The van der Waals surface area contributed by atoms with Crippen LogP contribution in [0.25, 0.3) is 0 Å². The van der Waals surface area contributed by atoms with Crippen LogP contribution < -0.4 is 0 Å². The van der Waals surface area contributed by atoms with Gasteiger partial charge in [-0.05, 0) is 37.1 Å². The van der Waals surface area contributed by atoms with Crippen LogP contribution in [0.4, 0.5) is 0 Å². The van der Waals surface area contributed by atoms with Gasteiger partial charge in [0.1, 0.15) is 0 Å². The number of pyridine rings is 1. The van der Waals surface area contributed by atoms with E-state index in [0.29, 0.717) is 5.41 Å². The predicted molar refractivity (Wildman–Crippen MR) is 64.6 cm³/mol. The number of hydrogen-bond donors (Lipinski definition) is 0. The Labute approximate surface area is 93.3 Å². The van der Waals surface area contributed by atoms with Gasteiger partial charge >= 0.3 is 0 Å². The van der Waals surface area contributed by atoms with Crippen molar-refractivity contribution in [3.63, 3.8) is 0 Å². The summed E-state index contributed by atoms with van der Waals surface area (Å²) in [5.41, 5.74) is 1.71. The number of aromatic nitrogens is 1. The second-order valence-electron chi connectivity index (χ2n) is 5.41. The van der Waals surface area contributed by atoms with E-state index in [9.17, 15) is 0 Å². The van der Waals surface area contributed by atoms with Crippen molar-refractivity contribution in [1.82, 2.24) is 9.88 Å². The lowest BCUT2D eigenvalue weighted by atomic mass is 9.92. The van der Waals surface area contributed by atoms with Crippen molar-refractivity contribution < 1.29 is 0 Å². The SMILES string of the molecule is CN(CCC(C)(C)C)Cc1cccnc1. The van der Waals surface area contributed by atoms with Crippen molar-refractivity contribution in [3.8, 4) is 0 Å². The first-order valence-corrected chi connectivity index (χ1v) is 5.55. The molecule has 0 aromatic carbocycles. The van der Waals surface area contributed by atoms with Crippen LogP contribution in [0.2, 0.25) is 0 Å². The van der Waals surface area contributed by atoms with Gasteiger partial charge < -0.3 is 4.90 Å². The van der Waals surface area contributed by atoms with Gasteiger partial charge in [-0.15, -0.1) is 0 Å². The molecule has 1 aromatic heterocycles. The first-order chi connectivity index (χ1) is 6.97. The van der Waals surface area contributed by atoms with Gasteiger partial charge in [0.15, 0.2) is 0 Å². The smallest absolute Gasteiger partial charge is 0.0312 e. The highest BCUT2D eigenvalue weighted by Crippen LogP contribution is 2.18. The number of rotatable bonds is 4. The normalized spacial score (nSPS) is 12.1. The first-order valence-electron chi connectivity index (χ1n) is 5.55. The first kappa shape index (κ1) is 12.2. The Hall–Kier alpha value is -0.890. The molecule has 1 heterocycles. The van der Waals surface area contributed by atoms with Crippen LogP contribution in [-0.4, -0.2) is 23.5 Å². The van der Waals surface area contributed by atoms with Crippen molar-refractivity contribution in [2.45, 2.75) is 33.7 Å². The zero-order valence-corrected chi connectivity index (χ0v) is 10.3. The zero-order chi connectivity index (χ0) is 11.3. The van der Waals surface area contributed by atoms with Gasteiger partial charge in [0, 0.05) is 18.9 Å². The summed E-state index contributed by atoms with van der Waals surface area (Å²) in [5.74, 6) is 0. The largest absolute Gasteiger partial charge is 0.302 e. The summed E-state index contributed by atoms with van der Waals surface area (Å²) >= 11 is 0. The van der Waals surface area contributed by atoms with Gasteiger partial charge in [0.05, 0.1) is 0 Å². The molecule has 84 valence electrons. The molecule has 0 aliphatic rings. The van der Waals surface area contributed by atoms with Gasteiger partial charge in [-0.1, -0.05) is 26.8 Å². The lowest BCUT2D eigenvalue weighted by Crippen LogP contribution is -2.23. The molecule has 1 rings (SSSR count). The predicted octanol–water partition coefficient (Wildman–Crippen LogP) is 2.95. The molecule has 1 aromatic rings. The Bertz CT molecular complexity index is 274. The monoisotopic (exact) mass is 206 g/mol. The van der Waals surface area contributed by atoms with E-state index in [1.54, 1.807) is 0 Å². The maximum absolute atomic E-state index is 4.12. The van der Waals surface area contributed by atoms with Crippen LogP contribution >= 0.6 is 0 Å². The molecule has 0 N–H and O–H groups in total. The molecule has 0 aliphatic heterocycles. The van der Waals surface area contributed by atoms with E-state index in [-0.39, 0.29) is 0 Å². The molecule has 0 unspecified atom stereocenters. The minimum atomic E-state index is 0.420. The summed E-state index contributed by atoms with van der Waals surface area (Å²) in [5, 5.41) is 0. The molecule has 0 bridgehead atoms. The highest BCUT2D eigenvalue weighted by Gasteiger charge is 2.11. The van der Waals surface area contributed by atoms with E-state index in [2.05, 4.69) is 43.8 Å². The van der Waals surface area contributed by atoms with E-state index in [1.165, 1.54) is 12.0 Å². The molecular weight excluding hydrogens is 184 g/mol. The molecule has 0 radical (unpaired) electrons. The molecule has 0 atom stereocenters. The maximum atomic E-state index is 4.12. The van der Waals surface area contributed by atoms with Crippen LogP contribution in [0.5, 0.6) is 0 Å². The van der Waals surface area contributed by atoms with E-state index in [4.69, 9.17) is 0 Å². The lowest BCUT2D eigenvalue weighted by Gasteiger charge is -2.23. The Morgan fingerprint density at radius 3 is 2.60 bits per heavy atom. The van der Waals surface area contributed by atoms with E-state index in [0.717, 1.165) is 13.1 Å². The van der Waals surface area contributed by atoms with Gasteiger partial charge in [-0.25, -0.2) is 0 Å². The molecule has 0 spiro atoms. The Morgan fingerprint density at radius 2 is 2.07 bits per heavy atom. The molecule has 15 heavy (non-hydrogen) atoms. The summed E-state index contributed by atoms with van der Waals surface area (Å²) in [6.45, 7) is 8.98. The average Bonchev–Trinajstić information content (AvgIpc) is 2.15. The average molecular weight is 206 g/mol. The summed E-state index contributed by atoms with van der Waals surface area (Å²) in [6.07, 6.45) is 4.98. The summed E-state index contributed by atoms with van der Waals surface area (Å²) in [4.78, 5) is 6.47. The Kier molecular flexibility index (Phi) is 4.28. The van der Waals surface area contributed by atoms with Gasteiger partial charge in [-0.3, -0.25) is 4.98 Å². The molecule has 0 saturated carbocycles. The lowest BCUT2D eigenvalue weighted by molar-refractivity contribution is 0.258. The standard InChI is InChI=1S/C13H22N2/c1-13(2,3)7-9-15(4)11-12-6-5-8-14-10-12/h5-6,8,10H,7,9,11H2,1-4H3. The summed E-state index contributed by atoms with van der Waals surface area (Å²) in [7, 11) is 2.17. The second kappa shape index (κ2) is 5.26. The van der Waals surface area contributed by atoms with Crippen LogP contribution in [0.1, 0.15) is 32.8 Å². The fourth-order valence-electron chi connectivity index (χ4n) is 1.41. The molecule has 2 heteroatoms. The van der Waals surface area contributed by atoms with E-state index >= 15 is 0 Å². The minimum Gasteiger partial charge on any atom is -0.302 e. The van der Waals surface area contributed by atoms with Crippen molar-refractivity contribution in [2.75, 3.05) is 13.6 Å². The van der Waals surface area contributed by atoms with Crippen LogP contribution in [0.3, 0.4) is 0 Å². The van der Waals surface area contributed by atoms with Crippen molar-refractivity contribution in [2.24, 2.45) is 5.41 Å². The third-order valence-electron chi connectivity index (χ3n) is 2.42. The van der Waals surface area contributed by atoms with Crippen molar-refractivity contribution >= 4 is 0 Å². The van der Waals surface area contributed by atoms with Gasteiger partial charge in [0.2, 0.25) is 0 Å². The minimum absolute atomic E-state index is 0.420. The Morgan fingerprint density at radius 1 is 1.33 bits per heavy atom. The quantitative estimate of drug-likeness (QED) is 0.753. The van der Waals surface area contributed by atoms with Gasteiger partial charge in [0.25, 0.3) is 0 Å². The zero-order valence-electron chi connectivity index (χ0n) is 10.3. The fourth-order valence-corrected chi connectivity index (χ4v) is 1.41. The van der Waals surface area contributed by atoms with E-state index in [1.807, 2.05) is 18.5 Å². The maximum Gasteiger partial charge on any atom is 0.0312 e. The molecular formula is C13H22N2. The highest BCUT2D eigenvalue weighted by molar-refractivity contribution is 5.07. The number of hydrogen-bond acceptors (Lipinski definition) is 2. The summed E-state index contributed by atoms with van der Waals surface area (Å²) in [6, 6.07) is 4.12. The molecule has 0 aliphatic carbocycles. The van der Waals surface area contributed by atoms with Crippen LogP contribution in [0.15, 0.2) is 24.5 Å². The van der Waals surface area contributed by atoms with Crippen molar-refractivity contribution in [1.29, 1.82) is 0 Å². The molecule has 2 nitrogen and oxygen atoms in total. The van der Waals surface area contributed by atoms with Crippen molar-refractivity contribution in [3.05, 3.63) is 30.1 Å². The Balaban J connectivity index is 2.34. The van der Waals surface area contributed by atoms with Gasteiger partial charge in [-0.2, -0.15) is 0 Å². The number of nitrogens with zero attached hydrogens (tertiary/aromatic N) is 2. The highest BCUT2D eigenvalue weighted by atomic mass is 15.1. The molecule has 0 saturated heterocycles. The second-order valence-corrected chi connectivity index (χ2v) is 5.41. The fraction of sp³-hybridized carbons (Fsp3) is 0.615. The van der Waals surface area contributed by atoms with Crippen LogP contribution in [-0.2, 0) is 6.54 Å².